The Hall–Kier alpha value is -2.15. The second kappa shape index (κ2) is 9.37. The zero-order chi connectivity index (χ0) is 20.9. The molecule has 0 saturated carbocycles. The van der Waals surface area contributed by atoms with Gasteiger partial charge in [-0.15, -0.1) is 0 Å². The first-order valence-corrected chi connectivity index (χ1v) is 9.86. The topological polar surface area (TPSA) is 108 Å². The Bertz CT molecular complexity index is 834. The van der Waals surface area contributed by atoms with Crippen molar-refractivity contribution in [1.29, 1.82) is 0 Å². The molecule has 1 aromatic carbocycles. The second-order valence-electron chi connectivity index (χ2n) is 6.29. The normalized spacial score (nSPS) is 17.7. The number of ether oxygens (including phenoxy) is 1. The molecule has 156 valence electrons. The van der Waals surface area contributed by atoms with Gasteiger partial charge in [0.2, 0.25) is 10.0 Å². The molecule has 1 heterocycles. The molecule has 2 N–H and O–H groups in total. The van der Waals surface area contributed by atoms with Crippen molar-refractivity contribution in [1.82, 2.24) is 19.8 Å². The molecule has 1 aliphatic heterocycles. The molecule has 0 aliphatic carbocycles. The Balaban J connectivity index is 2.00. The molecule has 1 atom stereocenters. The number of sulfonamides is 1. The van der Waals surface area contributed by atoms with E-state index >= 15 is 0 Å². The molecular formula is C16H22F2N4O5S. The van der Waals surface area contributed by atoms with E-state index in [-0.39, 0.29) is 26.2 Å². The second-order valence-corrected chi connectivity index (χ2v) is 8.14. The number of halogens is 2. The lowest BCUT2D eigenvalue weighted by atomic mass is 10.3. The molecule has 0 bridgehead atoms. The molecule has 1 fully saturated rings. The number of rotatable bonds is 7. The molecule has 2 amide bonds. The van der Waals surface area contributed by atoms with Crippen LogP contribution in [0.3, 0.4) is 0 Å². The number of hydrogen-bond donors (Lipinski definition) is 2. The molecular weight excluding hydrogens is 398 g/mol. The van der Waals surface area contributed by atoms with Gasteiger partial charge in [-0.05, 0) is 32.3 Å². The van der Waals surface area contributed by atoms with E-state index in [0.29, 0.717) is 18.7 Å². The number of hydrogen-bond acceptors (Lipinski definition) is 6. The Morgan fingerprint density at radius 1 is 1.25 bits per heavy atom. The van der Waals surface area contributed by atoms with Crippen molar-refractivity contribution in [3.63, 3.8) is 0 Å². The van der Waals surface area contributed by atoms with Crippen LogP contribution in [0, 0.1) is 11.6 Å². The van der Waals surface area contributed by atoms with Gasteiger partial charge in [-0.3, -0.25) is 9.59 Å². The molecule has 0 unspecified atom stereocenters. The van der Waals surface area contributed by atoms with Crippen LogP contribution in [0.5, 0.6) is 0 Å². The molecule has 0 spiro atoms. The Labute approximate surface area is 161 Å². The van der Waals surface area contributed by atoms with Gasteiger partial charge in [0.15, 0.2) is 0 Å². The maximum Gasteiger partial charge on any atom is 0.309 e. The first kappa shape index (κ1) is 22.1. The minimum atomic E-state index is -4.40. The number of carbonyl (C=O) groups excluding carboxylic acids is 2. The summed E-state index contributed by atoms with van der Waals surface area (Å²) in [5.41, 5.74) is 0. The number of amides is 2. The van der Waals surface area contributed by atoms with E-state index < -0.39 is 44.6 Å². The van der Waals surface area contributed by atoms with E-state index in [2.05, 4.69) is 10.6 Å². The van der Waals surface area contributed by atoms with E-state index in [1.165, 1.54) is 0 Å². The zero-order valence-corrected chi connectivity index (χ0v) is 16.3. The lowest BCUT2D eigenvalue weighted by Crippen LogP contribution is -2.48. The number of carbonyl (C=O) groups is 2. The standard InChI is InChI=1S/C16H22F2N4O5S/c1-21(2)6-5-19-15(23)16(24)20-10-14-22(7-8-27-14)28(25,26)13-9-11(17)3-4-12(13)18/h3-4,9,14H,5-8,10H2,1-2H3,(H,19,23)(H,20,24)/t14-/m1/s1. The summed E-state index contributed by atoms with van der Waals surface area (Å²) < 4.78 is 58.6. The fraction of sp³-hybridized carbons (Fsp3) is 0.500. The van der Waals surface area contributed by atoms with Gasteiger partial charge in [0, 0.05) is 19.6 Å². The summed E-state index contributed by atoms with van der Waals surface area (Å²) in [7, 11) is -0.786. The molecule has 1 saturated heterocycles. The lowest BCUT2D eigenvalue weighted by Gasteiger charge is -2.23. The van der Waals surface area contributed by atoms with Crippen molar-refractivity contribution < 1.29 is 31.5 Å². The smallest absolute Gasteiger partial charge is 0.309 e. The van der Waals surface area contributed by atoms with Crippen molar-refractivity contribution in [2.45, 2.75) is 11.1 Å². The number of likely N-dealkylation sites (N-methyl/N-ethyl adjacent to an activating group) is 1. The van der Waals surface area contributed by atoms with Gasteiger partial charge in [0.05, 0.1) is 13.2 Å². The number of nitrogens with zero attached hydrogens (tertiary/aromatic N) is 2. The van der Waals surface area contributed by atoms with Crippen molar-refractivity contribution in [2.75, 3.05) is 46.9 Å². The van der Waals surface area contributed by atoms with Crippen LogP contribution in [0.15, 0.2) is 23.1 Å². The number of benzene rings is 1. The fourth-order valence-corrected chi connectivity index (χ4v) is 4.06. The Kier molecular flexibility index (Phi) is 7.41. The average molecular weight is 420 g/mol. The van der Waals surface area contributed by atoms with E-state index in [9.17, 15) is 26.8 Å². The largest absolute Gasteiger partial charge is 0.359 e. The van der Waals surface area contributed by atoms with Crippen molar-refractivity contribution >= 4 is 21.8 Å². The molecule has 0 radical (unpaired) electrons. The Morgan fingerprint density at radius 3 is 2.61 bits per heavy atom. The quantitative estimate of drug-likeness (QED) is 0.554. The molecule has 9 nitrogen and oxygen atoms in total. The van der Waals surface area contributed by atoms with E-state index in [1.807, 2.05) is 4.90 Å². The Morgan fingerprint density at radius 2 is 1.93 bits per heavy atom. The SMILES string of the molecule is CN(C)CCNC(=O)C(=O)NC[C@H]1OCCN1S(=O)(=O)c1cc(F)ccc1F. The molecule has 12 heteroatoms. The summed E-state index contributed by atoms with van der Waals surface area (Å²) in [6.07, 6.45) is -1.15. The first-order valence-electron chi connectivity index (χ1n) is 8.42. The molecule has 1 aliphatic rings. The minimum absolute atomic E-state index is 0.00569. The highest BCUT2D eigenvalue weighted by Crippen LogP contribution is 2.24. The molecule has 28 heavy (non-hydrogen) atoms. The third kappa shape index (κ3) is 5.44. The first-order chi connectivity index (χ1) is 13.1. The fourth-order valence-electron chi connectivity index (χ4n) is 2.48. The van der Waals surface area contributed by atoms with Crippen molar-refractivity contribution in [3.05, 3.63) is 29.8 Å². The highest BCUT2D eigenvalue weighted by molar-refractivity contribution is 7.89. The maximum atomic E-state index is 13.9. The van der Waals surface area contributed by atoms with Crippen LogP contribution in [-0.4, -0.2) is 82.5 Å². The zero-order valence-electron chi connectivity index (χ0n) is 15.4. The van der Waals surface area contributed by atoms with Gasteiger partial charge in [-0.1, -0.05) is 0 Å². The van der Waals surface area contributed by atoms with Crippen LogP contribution in [0.4, 0.5) is 8.78 Å². The summed E-state index contributed by atoms with van der Waals surface area (Å²) in [5.74, 6) is -3.83. The summed E-state index contributed by atoms with van der Waals surface area (Å²) in [6.45, 7) is 0.379. The maximum absolute atomic E-state index is 13.9. The third-order valence-electron chi connectivity index (χ3n) is 3.91. The minimum Gasteiger partial charge on any atom is -0.359 e. The van der Waals surface area contributed by atoms with Crippen LogP contribution in [0.2, 0.25) is 0 Å². The third-order valence-corrected chi connectivity index (χ3v) is 5.81. The predicted octanol–water partition coefficient (Wildman–Crippen LogP) is -0.894. The van der Waals surface area contributed by atoms with Gasteiger partial charge < -0.3 is 20.3 Å². The highest BCUT2D eigenvalue weighted by Gasteiger charge is 2.38. The monoisotopic (exact) mass is 420 g/mol. The predicted molar refractivity (Wildman–Crippen MR) is 94.6 cm³/mol. The van der Waals surface area contributed by atoms with Gasteiger partial charge in [-0.2, -0.15) is 4.31 Å². The van der Waals surface area contributed by atoms with Crippen LogP contribution in [0.1, 0.15) is 0 Å². The summed E-state index contributed by atoms with van der Waals surface area (Å²) in [6, 6.07) is 2.10. The lowest BCUT2D eigenvalue weighted by molar-refractivity contribution is -0.139. The highest BCUT2D eigenvalue weighted by atomic mass is 32.2. The summed E-state index contributed by atoms with van der Waals surface area (Å²) in [5, 5.41) is 4.69. The van der Waals surface area contributed by atoms with Crippen molar-refractivity contribution in [3.8, 4) is 0 Å². The number of nitrogens with one attached hydrogen (secondary N) is 2. The van der Waals surface area contributed by atoms with Gasteiger partial charge in [-0.25, -0.2) is 17.2 Å². The van der Waals surface area contributed by atoms with Gasteiger partial charge >= 0.3 is 11.8 Å². The van der Waals surface area contributed by atoms with E-state index in [0.717, 1.165) is 10.4 Å². The average Bonchev–Trinajstić information content (AvgIpc) is 3.10. The van der Waals surface area contributed by atoms with Crippen LogP contribution >= 0.6 is 0 Å². The van der Waals surface area contributed by atoms with Crippen LogP contribution in [-0.2, 0) is 24.3 Å². The van der Waals surface area contributed by atoms with Gasteiger partial charge in [0.1, 0.15) is 22.8 Å². The summed E-state index contributed by atoms with van der Waals surface area (Å²) >= 11 is 0. The molecule has 1 aromatic rings. The van der Waals surface area contributed by atoms with Crippen LogP contribution < -0.4 is 10.6 Å². The van der Waals surface area contributed by atoms with Gasteiger partial charge in [0.25, 0.3) is 0 Å². The molecule has 0 aromatic heterocycles. The van der Waals surface area contributed by atoms with E-state index in [1.54, 1.807) is 14.1 Å². The van der Waals surface area contributed by atoms with Crippen molar-refractivity contribution in [2.24, 2.45) is 0 Å². The summed E-state index contributed by atoms with van der Waals surface area (Å²) in [4.78, 5) is 24.5. The van der Waals surface area contributed by atoms with Crippen LogP contribution in [0.25, 0.3) is 0 Å². The van der Waals surface area contributed by atoms with E-state index in [4.69, 9.17) is 4.74 Å². The molecule has 2 rings (SSSR count).